The van der Waals surface area contributed by atoms with Gasteiger partial charge < -0.3 is 15.2 Å². The van der Waals surface area contributed by atoms with E-state index in [4.69, 9.17) is 0 Å². The van der Waals surface area contributed by atoms with Crippen LogP contribution in [0.4, 0.5) is 0 Å². The molecule has 1 amide bonds. The molecule has 148 valence electrons. The normalized spacial score (nSPS) is 20.9. The molecule has 4 rings (SSSR count). The van der Waals surface area contributed by atoms with Crippen LogP contribution in [0.1, 0.15) is 43.4 Å². The number of hydrogen-bond donors (Lipinski definition) is 1. The van der Waals surface area contributed by atoms with Gasteiger partial charge in [-0.3, -0.25) is 4.79 Å². The van der Waals surface area contributed by atoms with Gasteiger partial charge in [0.1, 0.15) is 5.03 Å². The van der Waals surface area contributed by atoms with E-state index in [1.807, 2.05) is 4.68 Å². The quantitative estimate of drug-likeness (QED) is 0.591. The second-order valence-electron chi connectivity index (χ2n) is 7.88. The standard InChI is InChI=1S/C19H29N5O2S/c1-22-9-11-23(12-10-22)24-16-8-4-7-15(16)18(21-19(24)26)27-13-17(25)20-14-5-2-3-6-14/h14H,2-13H2,1H3,(H,20,25). The number of thioether (sulfide) groups is 1. The molecule has 7 nitrogen and oxygen atoms in total. The maximum absolute atomic E-state index is 12.8. The Balaban J connectivity index is 1.48. The van der Waals surface area contributed by atoms with Crippen LogP contribution < -0.4 is 16.0 Å². The van der Waals surface area contributed by atoms with E-state index in [1.54, 1.807) is 0 Å². The van der Waals surface area contributed by atoms with Crippen molar-refractivity contribution in [2.45, 2.75) is 56.0 Å². The van der Waals surface area contributed by atoms with Crippen molar-refractivity contribution in [2.24, 2.45) is 0 Å². The summed E-state index contributed by atoms with van der Waals surface area (Å²) in [5.41, 5.74) is 2.09. The molecule has 1 aromatic heterocycles. The first-order valence-corrected chi connectivity index (χ1v) is 11.1. The zero-order valence-corrected chi connectivity index (χ0v) is 16.9. The maximum atomic E-state index is 12.8. The largest absolute Gasteiger partial charge is 0.367 e. The molecule has 1 aromatic rings. The SMILES string of the molecule is CN1CCN(n2c3c(c(SCC(=O)NC4CCCC4)nc2=O)CCC3)CC1. The van der Waals surface area contributed by atoms with Crippen LogP contribution in [0.25, 0.3) is 0 Å². The number of likely N-dealkylation sites (N-methyl/N-ethyl adjacent to an activating group) is 1. The van der Waals surface area contributed by atoms with Crippen molar-refractivity contribution < 1.29 is 4.79 Å². The topological polar surface area (TPSA) is 70.5 Å². The second kappa shape index (κ2) is 8.22. The van der Waals surface area contributed by atoms with E-state index in [0.717, 1.165) is 69.0 Å². The average molecular weight is 392 g/mol. The number of fused-ring (bicyclic) bond motifs is 1. The monoisotopic (exact) mass is 391 g/mol. The molecule has 0 bridgehead atoms. The number of carbonyl (C=O) groups excluding carboxylic acids is 1. The number of nitrogens with zero attached hydrogens (tertiary/aromatic N) is 4. The first kappa shape index (κ1) is 18.8. The lowest BCUT2D eigenvalue weighted by Gasteiger charge is -2.35. The lowest BCUT2D eigenvalue weighted by atomic mass is 10.2. The smallest absolute Gasteiger partial charge is 0.353 e. The van der Waals surface area contributed by atoms with E-state index >= 15 is 0 Å². The zero-order valence-electron chi connectivity index (χ0n) is 16.1. The Labute approximate surface area is 164 Å². The Bertz CT molecular complexity index is 751. The summed E-state index contributed by atoms with van der Waals surface area (Å²) in [5, 5.41) is 6.02. The Morgan fingerprint density at radius 3 is 2.63 bits per heavy atom. The van der Waals surface area contributed by atoms with Gasteiger partial charge >= 0.3 is 5.69 Å². The highest BCUT2D eigenvalue weighted by Crippen LogP contribution is 2.29. The van der Waals surface area contributed by atoms with Gasteiger partial charge in [-0.15, -0.1) is 0 Å². The first-order valence-electron chi connectivity index (χ1n) is 10.1. The van der Waals surface area contributed by atoms with Crippen LogP contribution in [0, 0.1) is 0 Å². The molecule has 27 heavy (non-hydrogen) atoms. The highest BCUT2D eigenvalue weighted by Gasteiger charge is 2.26. The van der Waals surface area contributed by atoms with Crippen LogP contribution in [-0.4, -0.2) is 65.5 Å². The molecule has 0 radical (unpaired) electrons. The van der Waals surface area contributed by atoms with Gasteiger partial charge in [0, 0.05) is 37.8 Å². The van der Waals surface area contributed by atoms with E-state index in [-0.39, 0.29) is 11.6 Å². The van der Waals surface area contributed by atoms with Crippen molar-refractivity contribution in [3.05, 3.63) is 21.7 Å². The van der Waals surface area contributed by atoms with Gasteiger partial charge in [-0.1, -0.05) is 24.6 Å². The Morgan fingerprint density at radius 2 is 1.89 bits per heavy atom. The number of amides is 1. The molecule has 0 spiro atoms. The number of piperazine rings is 1. The fraction of sp³-hybridized carbons (Fsp3) is 0.737. The predicted octanol–water partition coefficient (Wildman–Crippen LogP) is 0.766. The van der Waals surface area contributed by atoms with E-state index in [2.05, 4.69) is 27.3 Å². The van der Waals surface area contributed by atoms with Crippen molar-refractivity contribution in [1.29, 1.82) is 0 Å². The van der Waals surface area contributed by atoms with Gasteiger partial charge in [-0.05, 0) is 39.2 Å². The summed E-state index contributed by atoms with van der Waals surface area (Å²) in [6.45, 7) is 3.61. The van der Waals surface area contributed by atoms with Crippen molar-refractivity contribution in [3.63, 3.8) is 0 Å². The molecule has 8 heteroatoms. The van der Waals surface area contributed by atoms with Gasteiger partial charge in [0.15, 0.2) is 0 Å². The summed E-state index contributed by atoms with van der Waals surface area (Å²) in [6.07, 6.45) is 7.51. The third-order valence-corrected chi connectivity index (χ3v) is 6.92. The molecule has 0 atom stereocenters. The molecule has 2 aliphatic carbocycles. The minimum absolute atomic E-state index is 0.0590. The molecular formula is C19H29N5O2S. The Hall–Kier alpha value is -1.54. The Morgan fingerprint density at radius 1 is 1.15 bits per heavy atom. The van der Waals surface area contributed by atoms with Crippen LogP contribution in [0.15, 0.2) is 9.82 Å². The van der Waals surface area contributed by atoms with Crippen molar-refractivity contribution in [3.8, 4) is 0 Å². The third kappa shape index (κ3) is 4.16. The third-order valence-electron chi connectivity index (χ3n) is 5.90. The predicted molar refractivity (Wildman–Crippen MR) is 107 cm³/mol. The maximum Gasteiger partial charge on any atom is 0.367 e. The van der Waals surface area contributed by atoms with E-state index < -0.39 is 0 Å². The lowest BCUT2D eigenvalue weighted by Crippen LogP contribution is -2.54. The van der Waals surface area contributed by atoms with Gasteiger partial charge in [0.05, 0.1) is 11.4 Å². The van der Waals surface area contributed by atoms with E-state index in [9.17, 15) is 9.59 Å². The molecule has 2 heterocycles. The molecule has 1 saturated heterocycles. The molecule has 0 unspecified atom stereocenters. The minimum atomic E-state index is -0.195. The van der Waals surface area contributed by atoms with Gasteiger partial charge in [0.2, 0.25) is 5.91 Å². The molecular weight excluding hydrogens is 362 g/mol. The highest BCUT2D eigenvalue weighted by molar-refractivity contribution is 7.99. The fourth-order valence-corrected chi connectivity index (χ4v) is 5.28. The van der Waals surface area contributed by atoms with Crippen LogP contribution in [0.5, 0.6) is 0 Å². The summed E-state index contributed by atoms with van der Waals surface area (Å²) < 4.78 is 1.82. The molecule has 1 saturated carbocycles. The number of hydrogen-bond acceptors (Lipinski definition) is 6. The average Bonchev–Trinajstić information content (AvgIpc) is 3.33. The summed E-state index contributed by atoms with van der Waals surface area (Å²) >= 11 is 1.42. The fourth-order valence-electron chi connectivity index (χ4n) is 4.39. The van der Waals surface area contributed by atoms with E-state index in [0.29, 0.717) is 11.8 Å². The highest BCUT2D eigenvalue weighted by atomic mass is 32.2. The number of rotatable bonds is 5. The molecule has 0 aromatic carbocycles. The Kier molecular flexibility index (Phi) is 5.73. The zero-order chi connectivity index (χ0) is 18.8. The number of carbonyl (C=O) groups is 1. The van der Waals surface area contributed by atoms with E-state index in [1.165, 1.54) is 30.2 Å². The van der Waals surface area contributed by atoms with Gasteiger partial charge in [-0.25, -0.2) is 9.47 Å². The second-order valence-corrected chi connectivity index (χ2v) is 8.85. The van der Waals surface area contributed by atoms with Gasteiger partial charge in [0.25, 0.3) is 0 Å². The van der Waals surface area contributed by atoms with Crippen LogP contribution in [-0.2, 0) is 17.6 Å². The molecule has 3 aliphatic rings. The van der Waals surface area contributed by atoms with Crippen molar-refractivity contribution in [2.75, 3.05) is 44.0 Å². The lowest BCUT2D eigenvalue weighted by molar-refractivity contribution is -0.119. The van der Waals surface area contributed by atoms with Crippen LogP contribution >= 0.6 is 11.8 Å². The summed E-state index contributed by atoms with van der Waals surface area (Å²) in [7, 11) is 2.11. The number of nitrogens with one attached hydrogen (secondary N) is 1. The summed E-state index contributed by atoms with van der Waals surface area (Å²) in [5.74, 6) is 0.400. The summed E-state index contributed by atoms with van der Waals surface area (Å²) in [6, 6.07) is 0.335. The number of aromatic nitrogens is 2. The van der Waals surface area contributed by atoms with Crippen LogP contribution in [0.2, 0.25) is 0 Å². The first-order chi connectivity index (χ1) is 13.1. The van der Waals surface area contributed by atoms with Crippen molar-refractivity contribution >= 4 is 17.7 Å². The minimum Gasteiger partial charge on any atom is -0.353 e. The molecule has 2 fully saturated rings. The van der Waals surface area contributed by atoms with Gasteiger partial charge in [-0.2, -0.15) is 4.98 Å². The molecule has 1 N–H and O–H groups in total. The van der Waals surface area contributed by atoms with Crippen LogP contribution in [0.3, 0.4) is 0 Å². The van der Waals surface area contributed by atoms with Crippen molar-refractivity contribution in [1.82, 2.24) is 19.9 Å². The summed E-state index contributed by atoms with van der Waals surface area (Å²) in [4.78, 5) is 31.7. The molecule has 1 aliphatic heterocycles.